The first-order valence-electron chi connectivity index (χ1n) is 5.85. The maximum atomic E-state index is 13.1. The zero-order valence-corrected chi connectivity index (χ0v) is 11.1. The summed E-state index contributed by atoms with van der Waals surface area (Å²) in [7, 11) is 0. The number of hydrogen-bond donors (Lipinski definition) is 2. The number of H-pyrrole nitrogens is 1. The van der Waals surface area contributed by atoms with Gasteiger partial charge in [-0.3, -0.25) is 4.79 Å². The summed E-state index contributed by atoms with van der Waals surface area (Å²) >= 11 is 1.20. The van der Waals surface area contributed by atoms with Crippen molar-refractivity contribution in [3.8, 4) is 0 Å². The summed E-state index contributed by atoms with van der Waals surface area (Å²) < 4.78 is 13.1. The predicted molar refractivity (Wildman–Crippen MR) is 77.3 cm³/mol. The molecule has 0 amide bonds. The SMILES string of the molecule is Nc1ccc2nc(Sc3cccc(F)c3)[nH]c(=O)c2c1. The molecule has 3 aromatic rings. The number of halogens is 1. The van der Waals surface area contributed by atoms with Crippen LogP contribution >= 0.6 is 11.8 Å². The molecule has 0 unspecified atom stereocenters. The van der Waals surface area contributed by atoms with Crippen LogP contribution in [0.3, 0.4) is 0 Å². The van der Waals surface area contributed by atoms with Gasteiger partial charge in [0.15, 0.2) is 5.16 Å². The number of aromatic amines is 1. The average Bonchev–Trinajstić information content (AvgIpc) is 2.40. The summed E-state index contributed by atoms with van der Waals surface area (Å²) in [4.78, 5) is 19.6. The van der Waals surface area contributed by atoms with Crippen LogP contribution in [0.15, 0.2) is 57.3 Å². The van der Waals surface area contributed by atoms with Gasteiger partial charge < -0.3 is 10.7 Å². The van der Waals surface area contributed by atoms with Gasteiger partial charge in [-0.05, 0) is 36.4 Å². The van der Waals surface area contributed by atoms with Crippen molar-refractivity contribution in [3.63, 3.8) is 0 Å². The summed E-state index contributed by atoms with van der Waals surface area (Å²) in [5.41, 5.74) is 6.45. The minimum atomic E-state index is -0.328. The molecule has 0 spiro atoms. The molecule has 3 N–H and O–H groups in total. The number of fused-ring (bicyclic) bond motifs is 1. The molecule has 6 heteroatoms. The fraction of sp³-hybridized carbons (Fsp3) is 0. The van der Waals surface area contributed by atoms with Crippen LogP contribution in [0.4, 0.5) is 10.1 Å². The third kappa shape index (κ3) is 2.50. The van der Waals surface area contributed by atoms with Crippen LogP contribution in [-0.2, 0) is 0 Å². The fourth-order valence-electron chi connectivity index (χ4n) is 1.83. The second kappa shape index (κ2) is 4.97. The lowest BCUT2D eigenvalue weighted by molar-refractivity contribution is 0.624. The highest BCUT2D eigenvalue weighted by atomic mass is 32.2. The van der Waals surface area contributed by atoms with Crippen molar-refractivity contribution in [3.05, 3.63) is 58.6 Å². The van der Waals surface area contributed by atoms with Crippen LogP contribution in [-0.4, -0.2) is 9.97 Å². The second-order valence-electron chi connectivity index (χ2n) is 4.21. The number of nitrogen functional groups attached to an aromatic ring is 1. The number of hydrogen-bond acceptors (Lipinski definition) is 4. The highest BCUT2D eigenvalue weighted by Crippen LogP contribution is 2.25. The molecule has 4 nitrogen and oxygen atoms in total. The van der Waals surface area contributed by atoms with Crippen LogP contribution in [0.5, 0.6) is 0 Å². The summed E-state index contributed by atoms with van der Waals surface area (Å²) in [6.07, 6.45) is 0. The van der Waals surface area contributed by atoms with E-state index in [2.05, 4.69) is 9.97 Å². The Morgan fingerprint density at radius 2 is 2.05 bits per heavy atom. The number of rotatable bonds is 2. The number of nitrogens with two attached hydrogens (primary N) is 1. The number of nitrogens with one attached hydrogen (secondary N) is 1. The van der Waals surface area contributed by atoms with E-state index in [4.69, 9.17) is 5.73 Å². The first-order valence-corrected chi connectivity index (χ1v) is 6.66. The van der Waals surface area contributed by atoms with Crippen molar-refractivity contribution >= 4 is 28.4 Å². The van der Waals surface area contributed by atoms with Crippen LogP contribution < -0.4 is 11.3 Å². The topological polar surface area (TPSA) is 71.8 Å². The van der Waals surface area contributed by atoms with E-state index in [-0.39, 0.29) is 11.4 Å². The first kappa shape index (κ1) is 12.7. The van der Waals surface area contributed by atoms with Gasteiger partial charge in [0.2, 0.25) is 0 Å². The lowest BCUT2D eigenvalue weighted by Crippen LogP contribution is -2.09. The maximum absolute atomic E-state index is 13.1. The van der Waals surface area contributed by atoms with Crippen LogP contribution in [0.2, 0.25) is 0 Å². The number of aromatic nitrogens is 2. The molecule has 1 heterocycles. The van der Waals surface area contributed by atoms with E-state index in [0.717, 1.165) is 0 Å². The number of nitrogens with zero attached hydrogens (tertiary/aromatic N) is 1. The van der Waals surface area contributed by atoms with Gasteiger partial charge in [0.05, 0.1) is 10.9 Å². The zero-order valence-electron chi connectivity index (χ0n) is 10.3. The molecule has 0 radical (unpaired) electrons. The summed E-state index contributed by atoms with van der Waals surface area (Å²) in [6, 6.07) is 11.1. The third-order valence-electron chi connectivity index (χ3n) is 2.72. The summed E-state index contributed by atoms with van der Waals surface area (Å²) in [5.74, 6) is -0.328. The van der Waals surface area contributed by atoms with Crippen LogP contribution in [0, 0.1) is 5.82 Å². The van der Waals surface area contributed by atoms with Gasteiger partial charge in [-0.1, -0.05) is 17.8 Å². The van der Waals surface area contributed by atoms with Crippen molar-refractivity contribution < 1.29 is 4.39 Å². The van der Waals surface area contributed by atoms with Crippen molar-refractivity contribution in [1.29, 1.82) is 0 Å². The average molecular weight is 287 g/mol. The Bertz CT molecular complexity index is 847. The smallest absolute Gasteiger partial charge is 0.259 e. The Balaban J connectivity index is 2.05. The Hall–Kier alpha value is -2.34. The molecular weight excluding hydrogens is 277 g/mol. The normalized spacial score (nSPS) is 10.8. The van der Waals surface area contributed by atoms with Gasteiger partial charge in [-0.15, -0.1) is 0 Å². The molecule has 0 fully saturated rings. The van der Waals surface area contributed by atoms with Crippen molar-refractivity contribution in [1.82, 2.24) is 9.97 Å². The highest BCUT2D eigenvalue weighted by molar-refractivity contribution is 7.99. The molecule has 0 atom stereocenters. The molecule has 3 rings (SSSR count). The maximum Gasteiger partial charge on any atom is 0.259 e. The molecular formula is C14H10FN3OS. The van der Waals surface area contributed by atoms with E-state index < -0.39 is 0 Å². The van der Waals surface area contributed by atoms with E-state index in [9.17, 15) is 9.18 Å². The molecule has 1 aromatic heterocycles. The Labute approximate surface area is 117 Å². The largest absolute Gasteiger partial charge is 0.399 e. The standard InChI is InChI=1S/C14H10FN3OS/c15-8-2-1-3-10(6-8)20-14-17-12-5-4-9(16)7-11(12)13(19)18-14/h1-7H,16H2,(H,17,18,19). The Morgan fingerprint density at radius 1 is 1.20 bits per heavy atom. The second-order valence-corrected chi connectivity index (χ2v) is 5.27. The van der Waals surface area contributed by atoms with Gasteiger partial charge in [0.25, 0.3) is 5.56 Å². The number of benzene rings is 2. The van der Waals surface area contributed by atoms with Crippen LogP contribution in [0.1, 0.15) is 0 Å². The van der Waals surface area contributed by atoms with Gasteiger partial charge in [0.1, 0.15) is 5.82 Å². The summed E-state index contributed by atoms with van der Waals surface area (Å²) in [5, 5.41) is 0.853. The molecule has 0 saturated carbocycles. The molecule has 20 heavy (non-hydrogen) atoms. The molecule has 0 aliphatic heterocycles. The van der Waals surface area contributed by atoms with E-state index in [1.807, 2.05) is 0 Å². The minimum absolute atomic E-state index is 0.263. The lowest BCUT2D eigenvalue weighted by Gasteiger charge is -2.03. The molecule has 0 saturated heterocycles. The Kier molecular flexibility index (Phi) is 3.15. The minimum Gasteiger partial charge on any atom is -0.399 e. The van der Waals surface area contributed by atoms with E-state index in [1.165, 1.54) is 23.9 Å². The van der Waals surface area contributed by atoms with Gasteiger partial charge in [-0.2, -0.15) is 0 Å². The highest BCUT2D eigenvalue weighted by Gasteiger charge is 2.06. The van der Waals surface area contributed by atoms with E-state index in [1.54, 1.807) is 30.3 Å². The molecule has 0 aliphatic rings. The Morgan fingerprint density at radius 3 is 2.85 bits per heavy atom. The lowest BCUT2D eigenvalue weighted by atomic mass is 10.2. The van der Waals surface area contributed by atoms with Crippen molar-refractivity contribution in [2.45, 2.75) is 10.1 Å². The fourth-order valence-corrected chi connectivity index (χ4v) is 2.65. The molecule has 100 valence electrons. The van der Waals surface area contributed by atoms with Crippen LogP contribution in [0.25, 0.3) is 10.9 Å². The van der Waals surface area contributed by atoms with Gasteiger partial charge in [-0.25, -0.2) is 9.37 Å². The van der Waals surface area contributed by atoms with Gasteiger partial charge in [0, 0.05) is 10.6 Å². The summed E-state index contributed by atoms with van der Waals surface area (Å²) in [6.45, 7) is 0. The van der Waals surface area contributed by atoms with Crippen molar-refractivity contribution in [2.75, 3.05) is 5.73 Å². The predicted octanol–water partition coefficient (Wildman–Crippen LogP) is 2.80. The quantitative estimate of drug-likeness (QED) is 0.561. The van der Waals surface area contributed by atoms with E-state index in [0.29, 0.717) is 26.6 Å². The molecule has 0 aliphatic carbocycles. The molecule has 0 bridgehead atoms. The zero-order chi connectivity index (χ0) is 14.1. The number of anilines is 1. The van der Waals surface area contributed by atoms with Crippen molar-refractivity contribution in [2.24, 2.45) is 0 Å². The molecule has 2 aromatic carbocycles. The first-order chi connectivity index (χ1) is 9.61. The monoisotopic (exact) mass is 287 g/mol. The van der Waals surface area contributed by atoms with Gasteiger partial charge >= 0.3 is 0 Å². The van der Waals surface area contributed by atoms with E-state index >= 15 is 0 Å². The third-order valence-corrected chi connectivity index (χ3v) is 3.59.